The van der Waals surface area contributed by atoms with E-state index >= 15 is 0 Å². The van der Waals surface area contributed by atoms with E-state index in [1.807, 2.05) is 12.1 Å². The average molecular weight is 310 g/mol. The second-order valence-corrected chi connectivity index (χ2v) is 5.40. The first-order valence-corrected chi connectivity index (χ1v) is 7.19. The predicted octanol–water partition coefficient (Wildman–Crippen LogP) is 4.61. The van der Waals surface area contributed by atoms with E-state index in [1.54, 1.807) is 19.2 Å². The second kappa shape index (κ2) is 6.49. The molecule has 0 spiro atoms. The van der Waals surface area contributed by atoms with Crippen LogP contribution in [0.25, 0.3) is 0 Å². The van der Waals surface area contributed by atoms with Crippen LogP contribution >= 0.6 is 23.2 Å². The van der Waals surface area contributed by atoms with Crippen LogP contribution < -0.4 is 10.5 Å². The maximum Gasteiger partial charge on any atom is 0.138 e. The average Bonchev–Trinajstić information content (AvgIpc) is 2.48. The Balaban J connectivity index is 2.36. The van der Waals surface area contributed by atoms with Crippen LogP contribution in [0.4, 0.5) is 0 Å². The molecule has 106 valence electrons. The molecule has 0 aromatic heterocycles. The lowest BCUT2D eigenvalue weighted by Crippen LogP contribution is -2.12. The maximum atomic E-state index is 6.29. The molecule has 0 aliphatic carbocycles. The van der Waals surface area contributed by atoms with E-state index in [0.29, 0.717) is 15.8 Å². The summed E-state index contributed by atoms with van der Waals surface area (Å²) in [6.07, 6.45) is 1.00. The van der Waals surface area contributed by atoms with E-state index in [0.717, 1.165) is 17.5 Å². The Labute approximate surface area is 129 Å². The summed E-state index contributed by atoms with van der Waals surface area (Å²) in [6.45, 7) is 2.12. The van der Waals surface area contributed by atoms with Crippen molar-refractivity contribution in [3.63, 3.8) is 0 Å². The SMILES string of the molecule is CCc1ccc(C(N)c2cc(Cl)c(OC)cc2Cl)cc1. The Hall–Kier alpha value is -1.22. The van der Waals surface area contributed by atoms with E-state index in [-0.39, 0.29) is 6.04 Å². The van der Waals surface area contributed by atoms with Crippen LogP contribution in [0.5, 0.6) is 5.75 Å². The largest absolute Gasteiger partial charge is 0.495 e. The van der Waals surface area contributed by atoms with Gasteiger partial charge >= 0.3 is 0 Å². The quantitative estimate of drug-likeness (QED) is 0.895. The predicted molar refractivity (Wildman–Crippen MR) is 84.9 cm³/mol. The number of halogens is 2. The van der Waals surface area contributed by atoms with Crippen LogP contribution in [-0.4, -0.2) is 7.11 Å². The van der Waals surface area contributed by atoms with Crippen LogP contribution in [0.1, 0.15) is 29.7 Å². The van der Waals surface area contributed by atoms with E-state index in [1.165, 1.54) is 5.56 Å². The molecular weight excluding hydrogens is 293 g/mol. The first-order valence-electron chi connectivity index (χ1n) is 6.44. The summed E-state index contributed by atoms with van der Waals surface area (Å²) in [5.41, 5.74) is 9.36. The molecular formula is C16H17Cl2NO. The van der Waals surface area contributed by atoms with E-state index in [4.69, 9.17) is 33.7 Å². The third-order valence-corrected chi connectivity index (χ3v) is 3.98. The number of rotatable bonds is 4. The minimum Gasteiger partial charge on any atom is -0.495 e. The van der Waals surface area contributed by atoms with E-state index in [9.17, 15) is 0 Å². The molecule has 1 atom stereocenters. The fourth-order valence-electron chi connectivity index (χ4n) is 2.08. The highest BCUT2D eigenvalue weighted by atomic mass is 35.5. The molecule has 0 heterocycles. The van der Waals surface area contributed by atoms with Gasteiger partial charge in [-0.2, -0.15) is 0 Å². The molecule has 4 heteroatoms. The van der Waals surface area contributed by atoms with Gasteiger partial charge in [0, 0.05) is 11.1 Å². The van der Waals surface area contributed by atoms with Gasteiger partial charge in [0.2, 0.25) is 0 Å². The molecule has 2 rings (SSSR count). The van der Waals surface area contributed by atoms with Crippen LogP contribution in [-0.2, 0) is 6.42 Å². The maximum absolute atomic E-state index is 6.29. The topological polar surface area (TPSA) is 35.2 Å². The number of nitrogens with two attached hydrogens (primary N) is 1. The van der Waals surface area contributed by atoms with Gasteiger partial charge in [0.1, 0.15) is 5.75 Å². The van der Waals surface area contributed by atoms with Crippen molar-refractivity contribution < 1.29 is 4.74 Å². The molecule has 0 aliphatic heterocycles. The van der Waals surface area contributed by atoms with Gasteiger partial charge in [-0.05, 0) is 29.2 Å². The first kappa shape index (κ1) is 15.2. The summed E-state index contributed by atoms with van der Waals surface area (Å²) in [5, 5.41) is 1.06. The van der Waals surface area contributed by atoms with E-state index < -0.39 is 0 Å². The van der Waals surface area contributed by atoms with Gasteiger partial charge < -0.3 is 10.5 Å². The van der Waals surface area contributed by atoms with Gasteiger partial charge in [-0.15, -0.1) is 0 Å². The van der Waals surface area contributed by atoms with Crippen molar-refractivity contribution in [3.8, 4) is 5.75 Å². The summed E-state index contributed by atoms with van der Waals surface area (Å²) >= 11 is 12.4. The van der Waals surface area contributed by atoms with Gasteiger partial charge in [0.05, 0.1) is 18.2 Å². The normalized spacial score (nSPS) is 12.2. The third kappa shape index (κ3) is 3.09. The zero-order valence-corrected chi connectivity index (χ0v) is 13.0. The van der Waals surface area contributed by atoms with Crippen molar-refractivity contribution >= 4 is 23.2 Å². The summed E-state index contributed by atoms with van der Waals surface area (Å²) in [5.74, 6) is 0.550. The number of aryl methyl sites for hydroxylation is 1. The lowest BCUT2D eigenvalue weighted by molar-refractivity contribution is 0.415. The Kier molecular flexibility index (Phi) is 4.92. The third-order valence-electron chi connectivity index (χ3n) is 3.35. The lowest BCUT2D eigenvalue weighted by atomic mass is 9.98. The van der Waals surface area contributed by atoms with Crippen LogP contribution in [0, 0.1) is 0 Å². The standard InChI is InChI=1S/C16H17Cl2NO/c1-3-10-4-6-11(7-5-10)16(19)12-8-14(18)15(20-2)9-13(12)17/h4-9,16H,3,19H2,1-2H3. The fourth-order valence-corrected chi connectivity index (χ4v) is 2.60. The van der Waals surface area contributed by atoms with Crippen molar-refractivity contribution in [3.05, 3.63) is 63.1 Å². The minimum absolute atomic E-state index is 0.309. The molecule has 0 saturated heterocycles. The number of benzene rings is 2. The van der Waals surface area contributed by atoms with Crippen molar-refractivity contribution in [1.29, 1.82) is 0 Å². The first-order chi connectivity index (χ1) is 9.56. The monoisotopic (exact) mass is 309 g/mol. The highest BCUT2D eigenvalue weighted by Crippen LogP contribution is 2.35. The molecule has 0 radical (unpaired) electrons. The summed E-state index contributed by atoms with van der Waals surface area (Å²) in [7, 11) is 1.56. The number of hydrogen-bond acceptors (Lipinski definition) is 2. The Bertz CT molecular complexity index is 596. The van der Waals surface area contributed by atoms with Crippen molar-refractivity contribution in [1.82, 2.24) is 0 Å². The van der Waals surface area contributed by atoms with Crippen molar-refractivity contribution in [2.75, 3.05) is 7.11 Å². The number of methoxy groups -OCH3 is 1. The molecule has 0 saturated carbocycles. The van der Waals surface area contributed by atoms with Crippen LogP contribution in [0.15, 0.2) is 36.4 Å². The Morgan fingerprint density at radius 1 is 1.10 bits per heavy atom. The molecule has 2 nitrogen and oxygen atoms in total. The fraction of sp³-hybridized carbons (Fsp3) is 0.250. The van der Waals surface area contributed by atoms with Gasteiger partial charge in [0.25, 0.3) is 0 Å². The van der Waals surface area contributed by atoms with Gasteiger partial charge in [-0.3, -0.25) is 0 Å². The second-order valence-electron chi connectivity index (χ2n) is 4.58. The smallest absolute Gasteiger partial charge is 0.138 e. The highest BCUT2D eigenvalue weighted by molar-refractivity contribution is 6.34. The molecule has 0 amide bonds. The molecule has 1 unspecified atom stereocenters. The van der Waals surface area contributed by atoms with Gasteiger partial charge in [-0.25, -0.2) is 0 Å². The lowest BCUT2D eigenvalue weighted by Gasteiger charge is -2.16. The summed E-state index contributed by atoms with van der Waals surface area (Å²) < 4.78 is 5.14. The number of ether oxygens (including phenoxy) is 1. The zero-order valence-electron chi connectivity index (χ0n) is 11.5. The zero-order chi connectivity index (χ0) is 14.7. The summed E-state index contributed by atoms with van der Waals surface area (Å²) in [4.78, 5) is 0. The van der Waals surface area contributed by atoms with E-state index in [2.05, 4.69) is 19.1 Å². The molecule has 2 N–H and O–H groups in total. The van der Waals surface area contributed by atoms with Gasteiger partial charge in [-0.1, -0.05) is 54.4 Å². The minimum atomic E-state index is -0.309. The molecule has 0 bridgehead atoms. The molecule has 0 aliphatic rings. The Morgan fingerprint density at radius 2 is 1.75 bits per heavy atom. The van der Waals surface area contributed by atoms with Gasteiger partial charge in [0.15, 0.2) is 0 Å². The number of hydrogen-bond donors (Lipinski definition) is 1. The Morgan fingerprint density at radius 3 is 2.30 bits per heavy atom. The van der Waals surface area contributed by atoms with Crippen LogP contribution in [0.3, 0.4) is 0 Å². The summed E-state index contributed by atoms with van der Waals surface area (Å²) in [6, 6.07) is 11.4. The molecule has 0 fully saturated rings. The van der Waals surface area contributed by atoms with Crippen molar-refractivity contribution in [2.45, 2.75) is 19.4 Å². The molecule has 2 aromatic rings. The van der Waals surface area contributed by atoms with Crippen molar-refractivity contribution in [2.24, 2.45) is 5.73 Å². The molecule has 20 heavy (non-hydrogen) atoms. The molecule has 2 aromatic carbocycles. The highest BCUT2D eigenvalue weighted by Gasteiger charge is 2.15. The van der Waals surface area contributed by atoms with Crippen LogP contribution in [0.2, 0.25) is 10.0 Å².